The van der Waals surface area contributed by atoms with Crippen LogP contribution in [-0.4, -0.2) is 31.0 Å². The first-order chi connectivity index (χ1) is 7.62. The predicted octanol–water partition coefficient (Wildman–Crippen LogP) is 0.931. The number of ether oxygens (including phenoxy) is 1. The van der Waals surface area contributed by atoms with E-state index in [0.717, 1.165) is 0 Å². The van der Waals surface area contributed by atoms with Crippen molar-refractivity contribution >= 4 is 17.7 Å². The van der Waals surface area contributed by atoms with Crippen LogP contribution in [0.5, 0.6) is 0 Å². The minimum absolute atomic E-state index is 0.207. The highest BCUT2D eigenvalue weighted by atomic mass is 16.5. The smallest absolute Gasteiger partial charge is 0.321 e. The topological polar surface area (TPSA) is 62.4 Å². The molecule has 5 heteroatoms. The van der Waals surface area contributed by atoms with E-state index in [1.807, 2.05) is 0 Å². The van der Waals surface area contributed by atoms with E-state index in [2.05, 4.69) is 9.72 Å². The number of amides is 1. The average Bonchev–Trinajstić information content (AvgIpc) is 2.94. The van der Waals surface area contributed by atoms with Crippen LogP contribution >= 0.6 is 0 Å². The Morgan fingerprint density at radius 3 is 2.62 bits per heavy atom. The summed E-state index contributed by atoms with van der Waals surface area (Å²) in [7, 11) is 2.96. The van der Waals surface area contributed by atoms with Crippen molar-refractivity contribution in [2.75, 3.05) is 19.1 Å². The van der Waals surface area contributed by atoms with Crippen LogP contribution in [0.2, 0.25) is 0 Å². The number of hydrogen-bond acceptors (Lipinski definition) is 3. The number of methoxy groups -OCH3 is 1. The lowest BCUT2D eigenvalue weighted by molar-refractivity contribution is -0.151. The summed E-state index contributed by atoms with van der Waals surface area (Å²) in [5, 5.41) is 0. The number of carbonyl (C=O) groups is 2. The molecule has 86 valence electrons. The molecule has 0 radical (unpaired) electrons. The van der Waals surface area contributed by atoms with Gasteiger partial charge in [-0.3, -0.25) is 9.59 Å². The van der Waals surface area contributed by atoms with Crippen molar-refractivity contribution in [2.45, 2.75) is 12.8 Å². The molecule has 1 heterocycles. The van der Waals surface area contributed by atoms with Gasteiger partial charge in [-0.05, 0) is 25.0 Å². The molecule has 1 saturated carbocycles. The normalized spacial score (nSPS) is 16.6. The van der Waals surface area contributed by atoms with Crippen molar-refractivity contribution in [3.05, 3.63) is 18.3 Å². The van der Waals surface area contributed by atoms with Crippen molar-refractivity contribution in [3.8, 4) is 0 Å². The summed E-state index contributed by atoms with van der Waals surface area (Å²) in [5.74, 6) is 0.0397. The quantitative estimate of drug-likeness (QED) is 0.611. The van der Waals surface area contributed by atoms with E-state index >= 15 is 0 Å². The fourth-order valence-electron chi connectivity index (χ4n) is 1.79. The molecular formula is C11H14N2O3. The molecule has 0 saturated heterocycles. The van der Waals surface area contributed by atoms with Crippen LogP contribution in [-0.2, 0) is 14.3 Å². The first kappa shape index (κ1) is 10.7. The van der Waals surface area contributed by atoms with Gasteiger partial charge >= 0.3 is 5.97 Å². The number of nitrogens with zero attached hydrogens (tertiary/aromatic N) is 1. The number of aromatic amines is 1. The molecule has 0 atom stereocenters. The molecule has 0 aliphatic heterocycles. The maximum Gasteiger partial charge on any atom is 0.321 e. The summed E-state index contributed by atoms with van der Waals surface area (Å²) in [6.07, 6.45) is 2.88. The Kier molecular flexibility index (Phi) is 2.46. The van der Waals surface area contributed by atoms with Crippen molar-refractivity contribution in [3.63, 3.8) is 0 Å². The van der Waals surface area contributed by atoms with Gasteiger partial charge in [-0.2, -0.15) is 0 Å². The zero-order valence-electron chi connectivity index (χ0n) is 9.32. The van der Waals surface area contributed by atoms with Gasteiger partial charge in [-0.25, -0.2) is 0 Å². The number of carbonyl (C=O) groups excluding carboxylic acids is 2. The van der Waals surface area contributed by atoms with Gasteiger partial charge in [-0.15, -0.1) is 0 Å². The van der Waals surface area contributed by atoms with Crippen LogP contribution in [0, 0.1) is 5.41 Å². The number of aromatic nitrogens is 1. The van der Waals surface area contributed by atoms with Gasteiger partial charge in [0.1, 0.15) is 11.2 Å². The molecule has 16 heavy (non-hydrogen) atoms. The second-order valence-electron chi connectivity index (χ2n) is 3.99. The van der Waals surface area contributed by atoms with E-state index in [0.29, 0.717) is 18.7 Å². The maximum absolute atomic E-state index is 12.1. The van der Waals surface area contributed by atoms with Crippen LogP contribution in [0.1, 0.15) is 12.8 Å². The fourth-order valence-corrected chi connectivity index (χ4v) is 1.79. The lowest BCUT2D eigenvalue weighted by Crippen LogP contribution is -2.39. The van der Waals surface area contributed by atoms with Crippen LogP contribution in [0.15, 0.2) is 18.3 Å². The molecule has 1 aliphatic rings. The number of esters is 1. The summed E-state index contributed by atoms with van der Waals surface area (Å²) >= 11 is 0. The Balaban J connectivity index is 2.17. The fraction of sp³-hybridized carbons (Fsp3) is 0.455. The van der Waals surface area contributed by atoms with Crippen molar-refractivity contribution in [1.29, 1.82) is 0 Å². The number of H-pyrrole nitrogens is 1. The third kappa shape index (κ3) is 1.48. The van der Waals surface area contributed by atoms with Crippen LogP contribution in [0.4, 0.5) is 5.82 Å². The van der Waals surface area contributed by atoms with Gasteiger partial charge in [0, 0.05) is 13.2 Å². The van der Waals surface area contributed by atoms with Gasteiger partial charge in [-0.1, -0.05) is 0 Å². The Bertz CT molecular complexity index is 407. The molecule has 1 fully saturated rings. The molecule has 1 aromatic rings. The Hall–Kier alpha value is -1.78. The summed E-state index contributed by atoms with van der Waals surface area (Å²) in [6, 6.07) is 3.59. The molecular weight excluding hydrogens is 208 g/mol. The number of hydrogen-bond donors (Lipinski definition) is 1. The van der Waals surface area contributed by atoms with E-state index in [1.165, 1.54) is 12.0 Å². The van der Waals surface area contributed by atoms with E-state index in [9.17, 15) is 9.59 Å². The highest BCUT2D eigenvalue weighted by Gasteiger charge is 2.59. The zero-order chi connectivity index (χ0) is 11.8. The lowest BCUT2D eigenvalue weighted by atomic mass is 10.1. The average molecular weight is 222 g/mol. The predicted molar refractivity (Wildman–Crippen MR) is 57.9 cm³/mol. The lowest BCUT2D eigenvalue weighted by Gasteiger charge is -2.20. The van der Waals surface area contributed by atoms with E-state index in [-0.39, 0.29) is 5.91 Å². The molecule has 1 N–H and O–H groups in total. The van der Waals surface area contributed by atoms with E-state index in [4.69, 9.17) is 0 Å². The first-order valence-corrected chi connectivity index (χ1v) is 5.12. The maximum atomic E-state index is 12.1. The largest absolute Gasteiger partial charge is 0.468 e. The molecule has 2 rings (SSSR count). The summed E-state index contributed by atoms with van der Waals surface area (Å²) in [6.45, 7) is 0. The van der Waals surface area contributed by atoms with Crippen LogP contribution in [0.25, 0.3) is 0 Å². The molecule has 0 aromatic carbocycles. The standard InChI is InChI=1S/C11H14N2O3/c1-13(8-4-3-7-12-8)9(14)11(5-6-11)10(15)16-2/h3-4,7,12H,5-6H2,1-2H3. The van der Waals surface area contributed by atoms with Crippen molar-refractivity contribution in [1.82, 2.24) is 4.98 Å². The molecule has 1 amide bonds. The van der Waals surface area contributed by atoms with Gasteiger partial charge in [0.2, 0.25) is 5.91 Å². The molecule has 5 nitrogen and oxygen atoms in total. The minimum Gasteiger partial charge on any atom is -0.468 e. The molecule has 0 spiro atoms. The highest BCUT2D eigenvalue weighted by Crippen LogP contribution is 2.48. The van der Waals surface area contributed by atoms with Crippen LogP contribution in [0.3, 0.4) is 0 Å². The van der Waals surface area contributed by atoms with Gasteiger partial charge in [0.25, 0.3) is 0 Å². The first-order valence-electron chi connectivity index (χ1n) is 5.12. The zero-order valence-corrected chi connectivity index (χ0v) is 9.32. The van der Waals surface area contributed by atoms with Crippen LogP contribution < -0.4 is 4.90 Å². The SMILES string of the molecule is COC(=O)C1(C(=O)N(C)c2ccc[nH]2)CC1. The van der Waals surface area contributed by atoms with E-state index < -0.39 is 11.4 Å². The minimum atomic E-state index is -0.936. The third-order valence-corrected chi connectivity index (χ3v) is 2.98. The van der Waals surface area contributed by atoms with Gasteiger partial charge in [0.05, 0.1) is 7.11 Å². The molecule has 1 aromatic heterocycles. The molecule has 0 bridgehead atoms. The second kappa shape index (κ2) is 3.66. The Morgan fingerprint density at radius 1 is 1.50 bits per heavy atom. The van der Waals surface area contributed by atoms with Crippen molar-refractivity contribution < 1.29 is 14.3 Å². The summed E-state index contributed by atoms with van der Waals surface area (Å²) < 4.78 is 4.67. The summed E-state index contributed by atoms with van der Waals surface area (Å²) in [4.78, 5) is 28.1. The molecule has 0 unspecified atom stereocenters. The number of anilines is 1. The Morgan fingerprint density at radius 2 is 2.19 bits per heavy atom. The summed E-state index contributed by atoms with van der Waals surface area (Å²) in [5.41, 5.74) is -0.936. The Labute approximate surface area is 93.4 Å². The number of rotatable bonds is 3. The highest BCUT2D eigenvalue weighted by molar-refractivity contribution is 6.11. The third-order valence-electron chi connectivity index (χ3n) is 2.98. The van der Waals surface area contributed by atoms with Gasteiger partial charge < -0.3 is 14.6 Å². The van der Waals surface area contributed by atoms with Gasteiger partial charge in [0.15, 0.2) is 0 Å². The van der Waals surface area contributed by atoms with Crippen molar-refractivity contribution in [2.24, 2.45) is 5.41 Å². The number of nitrogens with one attached hydrogen (secondary N) is 1. The molecule has 1 aliphatic carbocycles. The second-order valence-corrected chi connectivity index (χ2v) is 3.99. The monoisotopic (exact) mass is 222 g/mol. The van der Waals surface area contributed by atoms with E-state index in [1.54, 1.807) is 25.4 Å².